The second-order valence-electron chi connectivity index (χ2n) is 2.40. The van der Waals surface area contributed by atoms with Gasteiger partial charge in [0.05, 0.1) is 0 Å². The number of hydrogen-bond donors (Lipinski definition) is 0. The Kier molecular flexibility index (Phi) is 3.25. The van der Waals surface area contributed by atoms with Crippen molar-refractivity contribution in [1.82, 2.24) is 0 Å². The van der Waals surface area contributed by atoms with E-state index in [1.165, 1.54) is 3.57 Å². The summed E-state index contributed by atoms with van der Waals surface area (Å²) in [7, 11) is 0. The van der Waals surface area contributed by atoms with Gasteiger partial charge >= 0.3 is 0 Å². The van der Waals surface area contributed by atoms with Crippen LogP contribution in [-0.2, 0) is 0 Å². The molecular weight excluding hydrogens is 310 g/mol. The summed E-state index contributed by atoms with van der Waals surface area (Å²) < 4.78 is 1.21. The molecule has 0 aliphatic carbocycles. The van der Waals surface area contributed by atoms with Gasteiger partial charge < -0.3 is 0 Å². The van der Waals surface area contributed by atoms with Crippen LogP contribution in [0.25, 0.3) is 0 Å². The second kappa shape index (κ2) is 3.64. The highest BCUT2D eigenvalue weighted by Gasteiger charge is 2.23. The zero-order chi connectivity index (χ0) is 8.48. The van der Waals surface area contributed by atoms with Crippen molar-refractivity contribution in [2.45, 2.75) is 6.55 Å². The van der Waals surface area contributed by atoms with Gasteiger partial charge in [-0.25, -0.2) is 0 Å². The molecule has 0 amide bonds. The summed E-state index contributed by atoms with van der Waals surface area (Å²) in [5.74, 6) is 0. The fourth-order valence-corrected chi connectivity index (χ4v) is 2.61. The Bertz CT molecular complexity index is 240. The highest BCUT2D eigenvalue weighted by Crippen LogP contribution is 2.14. The molecule has 0 fully saturated rings. The van der Waals surface area contributed by atoms with Crippen molar-refractivity contribution in [2.75, 3.05) is 0 Å². The van der Waals surface area contributed by atoms with E-state index in [-0.39, 0.29) is 0 Å². The molecule has 0 unspecified atom stereocenters. The van der Waals surface area contributed by atoms with Gasteiger partial charge in [-0.1, -0.05) is 12.1 Å². The predicted molar refractivity (Wildman–Crippen MR) is 62.1 cm³/mol. The third kappa shape index (κ3) is 2.93. The van der Waals surface area contributed by atoms with Crippen LogP contribution in [0.4, 0.5) is 0 Å². The molecule has 0 N–H and O–H groups in total. The molecule has 0 saturated carbocycles. The molecular formula is C7H7Cl2ISi. The standard InChI is InChI=1S/C7H7Cl2ISi/c1-11(8,9)7-4-2-6(10)3-5-7/h2-5H,1H3. The summed E-state index contributed by atoms with van der Waals surface area (Å²) in [6.45, 7) is -0.214. The van der Waals surface area contributed by atoms with E-state index < -0.39 is 6.69 Å². The Labute approximate surface area is 90.5 Å². The molecule has 0 nitrogen and oxygen atoms in total. The van der Waals surface area contributed by atoms with E-state index in [4.69, 9.17) is 22.2 Å². The molecule has 11 heavy (non-hydrogen) atoms. The minimum Gasteiger partial charge on any atom is -0.140 e. The van der Waals surface area contributed by atoms with Crippen LogP contribution in [0.1, 0.15) is 0 Å². The minimum atomic E-state index is -2.12. The summed E-state index contributed by atoms with van der Waals surface area (Å²) in [4.78, 5) is 0. The highest BCUT2D eigenvalue weighted by molar-refractivity contribution is 14.1. The topological polar surface area (TPSA) is 0 Å². The fourth-order valence-electron chi connectivity index (χ4n) is 0.743. The van der Waals surface area contributed by atoms with Gasteiger partial charge in [-0.15, -0.1) is 22.2 Å². The Hall–Kier alpha value is 0.747. The lowest BCUT2D eigenvalue weighted by molar-refractivity contribution is 1.68. The van der Waals surface area contributed by atoms with E-state index in [2.05, 4.69) is 22.6 Å². The maximum Gasteiger partial charge on any atom is 0.277 e. The Morgan fingerprint density at radius 1 is 1.18 bits per heavy atom. The molecule has 0 atom stereocenters. The quantitative estimate of drug-likeness (QED) is 0.424. The van der Waals surface area contributed by atoms with Gasteiger partial charge in [0, 0.05) is 3.57 Å². The van der Waals surface area contributed by atoms with E-state index in [1.54, 1.807) is 0 Å². The van der Waals surface area contributed by atoms with Gasteiger partial charge in [-0.2, -0.15) is 0 Å². The first kappa shape index (κ1) is 9.83. The predicted octanol–water partition coefficient (Wildman–Crippen LogP) is 3.05. The lowest BCUT2D eigenvalue weighted by Crippen LogP contribution is -2.32. The van der Waals surface area contributed by atoms with Crippen LogP contribution in [0.5, 0.6) is 0 Å². The molecule has 0 bridgehead atoms. The maximum absolute atomic E-state index is 6.01. The Morgan fingerprint density at radius 3 is 2.00 bits per heavy atom. The van der Waals surface area contributed by atoms with Gasteiger partial charge in [0.15, 0.2) is 0 Å². The summed E-state index contributed by atoms with van der Waals surface area (Å²) in [6, 6.07) is 8.03. The first-order chi connectivity index (χ1) is 5.00. The lowest BCUT2D eigenvalue weighted by atomic mass is 10.4. The smallest absolute Gasteiger partial charge is 0.140 e. The van der Waals surface area contributed by atoms with Gasteiger partial charge in [0.25, 0.3) is 6.69 Å². The first-order valence-corrected chi connectivity index (χ1v) is 8.74. The summed E-state index contributed by atoms with van der Waals surface area (Å²) in [5, 5.41) is 1.07. The molecule has 4 heteroatoms. The molecule has 1 aromatic carbocycles. The van der Waals surface area contributed by atoms with Crippen LogP contribution in [0, 0.1) is 3.57 Å². The van der Waals surface area contributed by atoms with Crippen molar-refractivity contribution in [3.8, 4) is 0 Å². The minimum absolute atomic E-state index is 1.07. The second-order valence-corrected chi connectivity index (χ2v) is 11.1. The lowest BCUT2D eigenvalue weighted by Gasteiger charge is -2.09. The van der Waals surface area contributed by atoms with Crippen molar-refractivity contribution in [1.29, 1.82) is 0 Å². The van der Waals surface area contributed by atoms with Crippen molar-refractivity contribution in [2.24, 2.45) is 0 Å². The maximum atomic E-state index is 6.01. The zero-order valence-corrected chi connectivity index (χ0v) is 10.6. The molecule has 1 rings (SSSR count). The average Bonchev–Trinajstić information content (AvgIpc) is 1.86. The number of halogens is 3. The van der Waals surface area contributed by atoms with Crippen molar-refractivity contribution >= 4 is 56.6 Å². The summed E-state index contributed by atoms with van der Waals surface area (Å²) in [5.41, 5.74) is 0. The third-order valence-corrected chi connectivity index (χ3v) is 4.73. The molecule has 0 radical (unpaired) electrons. The first-order valence-electron chi connectivity index (χ1n) is 3.14. The van der Waals surface area contributed by atoms with E-state index >= 15 is 0 Å². The van der Waals surface area contributed by atoms with E-state index in [0.717, 1.165) is 5.19 Å². The molecule has 0 aliphatic heterocycles. The van der Waals surface area contributed by atoms with Gasteiger partial charge in [0.2, 0.25) is 0 Å². The van der Waals surface area contributed by atoms with Crippen LogP contribution < -0.4 is 5.19 Å². The van der Waals surface area contributed by atoms with Crippen LogP contribution >= 0.6 is 44.7 Å². The largest absolute Gasteiger partial charge is 0.277 e. The van der Waals surface area contributed by atoms with Crippen molar-refractivity contribution in [3.63, 3.8) is 0 Å². The van der Waals surface area contributed by atoms with Crippen molar-refractivity contribution < 1.29 is 0 Å². The van der Waals surface area contributed by atoms with Crippen LogP contribution in [0.2, 0.25) is 6.55 Å². The monoisotopic (exact) mass is 316 g/mol. The molecule has 0 saturated heterocycles. The van der Waals surface area contributed by atoms with Crippen LogP contribution in [0.15, 0.2) is 24.3 Å². The Balaban J connectivity index is 2.99. The zero-order valence-electron chi connectivity index (χ0n) is 5.94. The third-order valence-electron chi connectivity index (χ3n) is 1.35. The number of benzene rings is 1. The molecule has 1 aromatic rings. The van der Waals surface area contributed by atoms with Gasteiger partial charge in [0.1, 0.15) is 0 Å². The summed E-state index contributed by atoms with van der Waals surface area (Å²) in [6.07, 6.45) is 0. The molecule has 0 aliphatic rings. The van der Waals surface area contributed by atoms with Gasteiger partial charge in [-0.05, 0) is 46.5 Å². The highest BCUT2D eigenvalue weighted by atomic mass is 127. The van der Waals surface area contributed by atoms with Crippen molar-refractivity contribution in [3.05, 3.63) is 27.8 Å². The fraction of sp³-hybridized carbons (Fsp3) is 0.143. The average molecular weight is 317 g/mol. The SMILES string of the molecule is C[Si](Cl)(Cl)c1ccc(I)cc1. The van der Waals surface area contributed by atoms with E-state index in [1.807, 2.05) is 30.8 Å². The van der Waals surface area contributed by atoms with Crippen LogP contribution in [0.3, 0.4) is 0 Å². The van der Waals surface area contributed by atoms with Crippen LogP contribution in [-0.4, -0.2) is 6.69 Å². The van der Waals surface area contributed by atoms with Gasteiger partial charge in [-0.3, -0.25) is 0 Å². The molecule has 60 valence electrons. The molecule has 0 heterocycles. The molecule has 0 spiro atoms. The van der Waals surface area contributed by atoms with E-state index in [9.17, 15) is 0 Å². The van der Waals surface area contributed by atoms with E-state index in [0.29, 0.717) is 0 Å². The molecule has 0 aromatic heterocycles. The Morgan fingerprint density at radius 2 is 1.64 bits per heavy atom. The number of hydrogen-bond acceptors (Lipinski definition) is 0. The number of rotatable bonds is 1. The normalized spacial score (nSPS) is 11.6. The summed E-state index contributed by atoms with van der Waals surface area (Å²) >= 11 is 14.3.